The third-order valence-electron chi connectivity index (χ3n) is 5.01. The third kappa shape index (κ3) is 4.60. The van der Waals surface area contributed by atoms with Gasteiger partial charge < -0.3 is 24.4 Å². The van der Waals surface area contributed by atoms with Crippen LogP contribution in [0.5, 0.6) is 17.2 Å². The first-order valence-electron chi connectivity index (χ1n) is 9.64. The Morgan fingerprint density at radius 1 is 1.00 bits per heavy atom. The zero-order valence-electron chi connectivity index (χ0n) is 16.7. The normalized spacial score (nSPS) is 13.3. The number of benzene rings is 3. The van der Waals surface area contributed by atoms with Crippen molar-refractivity contribution in [3.8, 4) is 17.2 Å². The number of ether oxygens (including phenoxy) is 3. The maximum absolute atomic E-state index is 12.3. The van der Waals surface area contributed by atoms with E-state index in [-0.39, 0.29) is 12.7 Å². The van der Waals surface area contributed by atoms with E-state index in [4.69, 9.17) is 14.2 Å². The lowest BCUT2D eigenvalue weighted by atomic mass is 10.1. The summed E-state index contributed by atoms with van der Waals surface area (Å²) in [5.41, 5.74) is 2.19. The Hall–Kier alpha value is -3.25. The first-order valence-corrected chi connectivity index (χ1v) is 9.64. The number of methoxy groups -OCH3 is 1. The van der Waals surface area contributed by atoms with E-state index in [1.54, 1.807) is 7.11 Å². The molecule has 6 heteroatoms. The summed E-state index contributed by atoms with van der Waals surface area (Å²) in [6.07, 6.45) is 0. The molecule has 150 valence electrons. The van der Waals surface area contributed by atoms with Gasteiger partial charge in [-0.25, -0.2) is 0 Å². The Morgan fingerprint density at radius 2 is 1.76 bits per heavy atom. The van der Waals surface area contributed by atoms with E-state index in [1.807, 2.05) is 37.4 Å². The third-order valence-corrected chi connectivity index (χ3v) is 5.01. The molecule has 0 spiro atoms. The van der Waals surface area contributed by atoms with Crippen LogP contribution in [0.1, 0.15) is 11.1 Å². The van der Waals surface area contributed by atoms with Gasteiger partial charge in [0.2, 0.25) is 6.79 Å². The van der Waals surface area contributed by atoms with Gasteiger partial charge in [0.05, 0.1) is 14.2 Å². The van der Waals surface area contributed by atoms with Gasteiger partial charge in [-0.1, -0.05) is 24.3 Å². The van der Waals surface area contributed by atoms with Crippen LogP contribution in [0, 0.1) is 0 Å². The molecule has 1 aliphatic rings. The van der Waals surface area contributed by atoms with Crippen molar-refractivity contribution in [2.45, 2.75) is 13.1 Å². The summed E-state index contributed by atoms with van der Waals surface area (Å²) in [7, 11) is 3.70. The summed E-state index contributed by atoms with van der Waals surface area (Å²) in [5.74, 6) is 2.35. The topological polar surface area (TPSA) is 61.2 Å². The van der Waals surface area contributed by atoms with E-state index in [9.17, 15) is 4.79 Å². The molecule has 4 rings (SSSR count). The van der Waals surface area contributed by atoms with Gasteiger partial charge >= 0.3 is 0 Å². The van der Waals surface area contributed by atoms with Gasteiger partial charge in [-0.05, 0) is 46.7 Å². The number of nitrogens with one attached hydrogen (secondary N) is 2. The molecular weight excluding hydrogens is 368 g/mol. The van der Waals surface area contributed by atoms with Crippen LogP contribution in [0.3, 0.4) is 0 Å². The van der Waals surface area contributed by atoms with Gasteiger partial charge in [0.25, 0.3) is 5.91 Å². The predicted octanol–water partition coefficient (Wildman–Crippen LogP) is 1.91. The van der Waals surface area contributed by atoms with Crippen molar-refractivity contribution < 1.29 is 23.9 Å². The molecule has 3 aromatic rings. The van der Waals surface area contributed by atoms with E-state index in [0.717, 1.165) is 39.6 Å². The molecular formula is C23H25N2O4+. The molecule has 1 unspecified atom stereocenters. The summed E-state index contributed by atoms with van der Waals surface area (Å²) < 4.78 is 16.0. The minimum atomic E-state index is 0.0192. The number of fused-ring (bicyclic) bond motifs is 2. The lowest BCUT2D eigenvalue weighted by Crippen LogP contribution is -3.08. The Labute approximate surface area is 170 Å². The van der Waals surface area contributed by atoms with Gasteiger partial charge in [-0.15, -0.1) is 0 Å². The lowest BCUT2D eigenvalue weighted by molar-refractivity contribution is -0.885. The number of hydrogen-bond donors (Lipinski definition) is 2. The molecule has 3 aromatic carbocycles. The molecule has 0 fully saturated rings. The van der Waals surface area contributed by atoms with Crippen molar-refractivity contribution in [1.29, 1.82) is 0 Å². The molecule has 0 saturated carbocycles. The quantitative estimate of drug-likeness (QED) is 0.644. The van der Waals surface area contributed by atoms with Crippen molar-refractivity contribution in [2.75, 3.05) is 27.5 Å². The maximum atomic E-state index is 12.3. The number of likely N-dealkylation sites (N-methyl/N-ethyl adjacent to an activating group) is 1. The molecule has 0 aliphatic carbocycles. The van der Waals surface area contributed by atoms with Crippen LogP contribution < -0.4 is 24.4 Å². The first kappa shape index (κ1) is 19.1. The average molecular weight is 393 g/mol. The van der Waals surface area contributed by atoms with Gasteiger partial charge in [0, 0.05) is 12.1 Å². The molecule has 29 heavy (non-hydrogen) atoms. The highest BCUT2D eigenvalue weighted by atomic mass is 16.7. The van der Waals surface area contributed by atoms with E-state index in [2.05, 4.69) is 29.6 Å². The summed E-state index contributed by atoms with van der Waals surface area (Å²) in [5, 5.41) is 5.29. The zero-order valence-corrected chi connectivity index (χ0v) is 16.7. The number of carbonyl (C=O) groups is 1. The molecule has 1 atom stereocenters. The molecule has 1 heterocycles. The van der Waals surface area contributed by atoms with Crippen molar-refractivity contribution in [2.24, 2.45) is 0 Å². The van der Waals surface area contributed by atoms with Gasteiger partial charge in [-0.3, -0.25) is 4.79 Å². The van der Waals surface area contributed by atoms with Crippen LogP contribution in [0.15, 0.2) is 54.6 Å². The second-order valence-electron chi connectivity index (χ2n) is 7.32. The van der Waals surface area contributed by atoms with Crippen molar-refractivity contribution in [1.82, 2.24) is 5.32 Å². The minimum absolute atomic E-state index is 0.0192. The van der Waals surface area contributed by atoms with Crippen molar-refractivity contribution in [3.05, 3.63) is 65.7 Å². The standard InChI is InChI=1S/C23H24N2O4/c1-25(13-17-3-5-19-11-20(27-2)7-6-18(19)9-17)14-23(26)24-12-16-4-8-21-22(10-16)29-15-28-21/h3-11H,12-15H2,1-2H3,(H,24,26)/p+1. The van der Waals surface area contributed by atoms with Gasteiger partial charge in [-0.2, -0.15) is 0 Å². The number of quaternary nitrogens is 1. The Morgan fingerprint density at radius 3 is 2.62 bits per heavy atom. The molecule has 0 aromatic heterocycles. The summed E-state index contributed by atoms with van der Waals surface area (Å²) >= 11 is 0. The minimum Gasteiger partial charge on any atom is -0.497 e. The van der Waals surface area contributed by atoms with Crippen LogP contribution in [0.25, 0.3) is 10.8 Å². The number of carbonyl (C=O) groups excluding carboxylic acids is 1. The number of amides is 1. The highest BCUT2D eigenvalue weighted by molar-refractivity contribution is 5.84. The average Bonchev–Trinajstić information content (AvgIpc) is 3.19. The first-order chi connectivity index (χ1) is 14.1. The molecule has 0 radical (unpaired) electrons. The molecule has 0 bridgehead atoms. The van der Waals surface area contributed by atoms with E-state index < -0.39 is 0 Å². The molecule has 6 nitrogen and oxygen atoms in total. The van der Waals surface area contributed by atoms with Gasteiger partial charge in [0.15, 0.2) is 18.0 Å². The van der Waals surface area contributed by atoms with Crippen molar-refractivity contribution >= 4 is 16.7 Å². The summed E-state index contributed by atoms with van der Waals surface area (Å²) in [6.45, 7) is 1.91. The predicted molar refractivity (Wildman–Crippen MR) is 110 cm³/mol. The highest BCUT2D eigenvalue weighted by Crippen LogP contribution is 2.32. The number of hydrogen-bond acceptors (Lipinski definition) is 4. The largest absolute Gasteiger partial charge is 0.497 e. The van der Waals surface area contributed by atoms with Crippen LogP contribution in [-0.2, 0) is 17.9 Å². The van der Waals surface area contributed by atoms with Crippen LogP contribution in [-0.4, -0.2) is 33.4 Å². The second-order valence-corrected chi connectivity index (χ2v) is 7.32. The summed E-state index contributed by atoms with van der Waals surface area (Å²) in [6, 6.07) is 18.1. The number of rotatable bonds is 7. The maximum Gasteiger partial charge on any atom is 0.275 e. The Balaban J connectivity index is 1.30. The SMILES string of the molecule is COc1ccc2cc(C[NH+](C)CC(=O)NCc3ccc4c(c3)OCO4)ccc2c1. The molecule has 1 aliphatic heterocycles. The van der Waals surface area contributed by atoms with E-state index in [1.165, 1.54) is 10.9 Å². The van der Waals surface area contributed by atoms with Crippen molar-refractivity contribution in [3.63, 3.8) is 0 Å². The molecule has 0 saturated heterocycles. The highest BCUT2D eigenvalue weighted by Gasteiger charge is 2.14. The second kappa shape index (κ2) is 8.41. The fraction of sp³-hybridized carbons (Fsp3) is 0.261. The van der Waals surface area contributed by atoms with E-state index >= 15 is 0 Å². The Kier molecular flexibility index (Phi) is 5.53. The molecule has 1 amide bonds. The van der Waals surface area contributed by atoms with Crippen LogP contribution in [0.2, 0.25) is 0 Å². The fourth-order valence-corrected chi connectivity index (χ4v) is 3.51. The zero-order chi connectivity index (χ0) is 20.2. The monoisotopic (exact) mass is 393 g/mol. The fourth-order valence-electron chi connectivity index (χ4n) is 3.51. The molecule has 2 N–H and O–H groups in total. The smallest absolute Gasteiger partial charge is 0.275 e. The Bertz CT molecular complexity index is 1030. The lowest BCUT2D eigenvalue weighted by Gasteiger charge is -2.14. The van der Waals surface area contributed by atoms with Crippen LogP contribution >= 0.6 is 0 Å². The van der Waals surface area contributed by atoms with Crippen LogP contribution in [0.4, 0.5) is 0 Å². The van der Waals surface area contributed by atoms with E-state index in [0.29, 0.717) is 13.1 Å². The van der Waals surface area contributed by atoms with Gasteiger partial charge in [0.1, 0.15) is 12.3 Å². The summed E-state index contributed by atoms with van der Waals surface area (Å²) in [4.78, 5) is 13.5.